The van der Waals surface area contributed by atoms with Crippen LogP contribution in [0, 0.1) is 17.5 Å². The molecule has 1 fully saturated rings. The zero-order valence-corrected chi connectivity index (χ0v) is 10.8. The van der Waals surface area contributed by atoms with E-state index < -0.39 is 17.5 Å². The Morgan fingerprint density at radius 1 is 1.00 bits per heavy atom. The van der Waals surface area contributed by atoms with Crippen molar-refractivity contribution in [2.45, 2.75) is 25.3 Å². The van der Waals surface area contributed by atoms with E-state index >= 15 is 0 Å². The molecule has 2 aromatic carbocycles. The Morgan fingerprint density at radius 3 is 2.55 bits per heavy atom. The van der Waals surface area contributed by atoms with Gasteiger partial charge in [-0.05, 0) is 42.0 Å². The topological polar surface area (TPSA) is 12.0 Å². The highest BCUT2D eigenvalue weighted by Crippen LogP contribution is 2.40. The van der Waals surface area contributed by atoms with E-state index in [9.17, 15) is 13.2 Å². The molecule has 1 aliphatic carbocycles. The van der Waals surface area contributed by atoms with Crippen LogP contribution in [0.2, 0.25) is 0 Å². The van der Waals surface area contributed by atoms with Crippen LogP contribution in [-0.2, 0) is 6.54 Å². The van der Waals surface area contributed by atoms with Crippen molar-refractivity contribution < 1.29 is 13.2 Å². The van der Waals surface area contributed by atoms with Gasteiger partial charge in [0.1, 0.15) is 0 Å². The first-order valence-electron chi connectivity index (χ1n) is 6.61. The van der Waals surface area contributed by atoms with Crippen LogP contribution in [-0.4, -0.2) is 0 Å². The Kier molecular flexibility index (Phi) is 3.38. The lowest BCUT2D eigenvalue weighted by molar-refractivity contribution is 0.449. The number of rotatable bonds is 4. The van der Waals surface area contributed by atoms with Gasteiger partial charge < -0.3 is 5.32 Å². The quantitative estimate of drug-likeness (QED) is 0.806. The van der Waals surface area contributed by atoms with Gasteiger partial charge in [-0.1, -0.05) is 24.3 Å². The number of anilines is 1. The maximum Gasteiger partial charge on any atom is 0.196 e. The Labute approximate surface area is 115 Å². The number of benzene rings is 2. The van der Waals surface area contributed by atoms with Crippen LogP contribution in [0.4, 0.5) is 18.9 Å². The molecule has 104 valence electrons. The molecular weight excluding hydrogens is 263 g/mol. The van der Waals surface area contributed by atoms with E-state index in [1.165, 1.54) is 24.5 Å². The molecule has 0 atom stereocenters. The van der Waals surface area contributed by atoms with E-state index in [0.717, 1.165) is 11.6 Å². The fourth-order valence-corrected chi connectivity index (χ4v) is 2.23. The minimum Gasteiger partial charge on any atom is -0.379 e. The number of hydrogen-bond acceptors (Lipinski definition) is 1. The Morgan fingerprint density at radius 2 is 1.80 bits per heavy atom. The normalized spacial score (nSPS) is 14.3. The summed E-state index contributed by atoms with van der Waals surface area (Å²) in [5.74, 6) is -3.15. The van der Waals surface area contributed by atoms with E-state index in [1.807, 2.05) is 12.1 Å². The minimum atomic E-state index is -1.44. The third-order valence-corrected chi connectivity index (χ3v) is 3.52. The molecular formula is C16H14F3N. The van der Waals surface area contributed by atoms with Crippen LogP contribution in [0.15, 0.2) is 36.4 Å². The molecule has 20 heavy (non-hydrogen) atoms. The van der Waals surface area contributed by atoms with E-state index in [4.69, 9.17) is 0 Å². The molecule has 1 saturated carbocycles. The molecule has 2 aromatic rings. The van der Waals surface area contributed by atoms with Crippen molar-refractivity contribution in [1.29, 1.82) is 0 Å². The molecule has 0 bridgehead atoms. The summed E-state index contributed by atoms with van der Waals surface area (Å²) < 4.78 is 39.4. The summed E-state index contributed by atoms with van der Waals surface area (Å²) in [6, 6.07) is 10.2. The van der Waals surface area contributed by atoms with Gasteiger partial charge in [-0.3, -0.25) is 0 Å². The maximum absolute atomic E-state index is 13.5. The second kappa shape index (κ2) is 5.19. The van der Waals surface area contributed by atoms with E-state index in [1.54, 1.807) is 0 Å². The lowest BCUT2D eigenvalue weighted by Crippen LogP contribution is -2.04. The molecule has 0 spiro atoms. The molecule has 0 saturated heterocycles. The van der Waals surface area contributed by atoms with Crippen molar-refractivity contribution in [3.8, 4) is 0 Å². The molecule has 0 aliphatic heterocycles. The van der Waals surface area contributed by atoms with Crippen LogP contribution in [0.5, 0.6) is 0 Å². The van der Waals surface area contributed by atoms with Crippen LogP contribution < -0.4 is 5.32 Å². The number of halogens is 3. The van der Waals surface area contributed by atoms with Crippen molar-refractivity contribution in [3.63, 3.8) is 0 Å². The minimum absolute atomic E-state index is 0.0271. The standard InChI is InChI=1S/C16H14F3N/c17-13-6-7-14(16(19)15(13)18)20-9-10-2-1-3-12(8-10)11-4-5-11/h1-3,6-8,11,20H,4-5,9H2. The zero-order chi connectivity index (χ0) is 14.1. The first kappa shape index (κ1) is 13.0. The summed E-state index contributed by atoms with van der Waals surface area (Å²) in [7, 11) is 0. The number of nitrogens with one attached hydrogen (secondary N) is 1. The van der Waals surface area contributed by atoms with Crippen molar-refractivity contribution in [3.05, 3.63) is 65.0 Å². The predicted octanol–water partition coefficient (Wildman–Crippen LogP) is 4.59. The highest BCUT2D eigenvalue weighted by Gasteiger charge is 2.23. The Hall–Kier alpha value is -1.97. The summed E-state index contributed by atoms with van der Waals surface area (Å²) in [5.41, 5.74) is 2.26. The molecule has 3 rings (SSSR count). The zero-order valence-electron chi connectivity index (χ0n) is 10.8. The molecule has 0 aromatic heterocycles. The summed E-state index contributed by atoms with van der Waals surface area (Å²) >= 11 is 0. The fourth-order valence-electron chi connectivity index (χ4n) is 2.23. The Balaban J connectivity index is 1.73. The Bertz CT molecular complexity index is 636. The van der Waals surface area contributed by atoms with E-state index in [2.05, 4.69) is 17.4 Å². The summed E-state index contributed by atoms with van der Waals surface area (Å²) in [4.78, 5) is 0. The van der Waals surface area contributed by atoms with Gasteiger partial charge in [0.25, 0.3) is 0 Å². The van der Waals surface area contributed by atoms with Gasteiger partial charge in [-0.15, -0.1) is 0 Å². The third-order valence-electron chi connectivity index (χ3n) is 3.52. The number of hydrogen-bond donors (Lipinski definition) is 1. The van der Waals surface area contributed by atoms with E-state index in [0.29, 0.717) is 12.5 Å². The van der Waals surface area contributed by atoms with Crippen molar-refractivity contribution >= 4 is 5.69 Å². The summed E-state index contributed by atoms with van der Waals surface area (Å²) in [6.07, 6.45) is 2.43. The lowest BCUT2D eigenvalue weighted by Gasteiger charge is -2.09. The maximum atomic E-state index is 13.5. The van der Waals surface area contributed by atoms with E-state index in [-0.39, 0.29) is 5.69 Å². The predicted molar refractivity (Wildman–Crippen MR) is 72.1 cm³/mol. The summed E-state index contributed by atoms with van der Waals surface area (Å²) in [6.45, 7) is 0.378. The van der Waals surface area contributed by atoms with Gasteiger partial charge in [0.15, 0.2) is 17.5 Å². The van der Waals surface area contributed by atoms with Crippen LogP contribution >= 0.6 is 0 Å². The first-order chi connectivity index (χ1) is 9.65. The van der Waals surface area contributed by atoms with Crippen molar-refractivity contribution in [2.24, 2.45) is 0 Å². The highest BCUT2D eigenvalue weighted by atomic mass is 19.2. The van der Waals surface area contributed by atoms with Gasteiger partial charge in [0.2, 0.25) is 0 Å². The van der Waals surface area contributed by atoms with Crippen LogP contribution in [0.1, 0.15) is 29.9 Å². The molecule has 4 heteroatoms. The molecule has 1 nitrogen and oxygen atoms in total. The fraction of sp³-hybridized carbons (Fsp3) is 0.250. The monoisotopic (exact) mass is 277 g/mol. The summed E-state index contributed by atoms with van der Waals surface area (Å²) in [5, 5.41) is 2.80. The molecule has 0 amide bonds. The average molecular weight is 277 g/mol. The third kappa shape index (κ3) is 2.64. The first-order valence-corrected chi connectivity index (χ1v) is 6.61. The van der Waals surface area contributed by atoms with Gasteiger partial charge in [0.05, 0.1) is 5.69 Å². The molecule has 0 heterocycles. The second-order valence-corrected chi connectivity index (χ2v) is 5.10. The molecule has 0 radical (unpaired) electrons. The van der Waals surface area contributed by atoms with Gasteiger partial charge >= 0.3 is 0 Å². The van der Waals surface area contributed by atoms with Crippen molar-refractivity contribution in [1.82, 2.24) is 0 Å². The van der Waals surface area contributed by atoms with Crippen LogP contribution in [0.25, 0.3) is 0 Å². The smallest absolute Gasteiger partial charge is 0.196 e. The van der Waals surface area contributed by atoms with Gasteiger partial charge in [0, 0.05) is 6.54 Å². The lowest BCUT2D eigenvalue weighted by atomic mass is 10.1. The molecule has 1 aliphatic rings. The highest BCUT2D eigenvalue weighted by molar-refractivity contribution is 5.46. The molecule has 1 N–H and O–H groups in total. The van der Waals surface area contributed by atoms with Crippen LogP contribution in [0.3, 0.4) is 0 Å². The second-order valence-electron chi connectivity index (χ2n) is 5.10. The SMILES string of the molecule is Fc1ccc(NCc2cccc(C3CC3)c2)c(F)c1F. The van der Waals surface area contributed by atoms with Gasteiger partial charge in [-0.2, -0.15) is 0 Å². The van der Waals surface area contributed by atoms with Gasteiger partial charge in [-0.25, -0.2) is 13.2 Å². The largest absolute Gasteiger partial charge is 0.379 e. The van der Waals surface area contributed by atoms with Crippen molar-refractivity contribution in [2.75, 3.05) is 5.32 Å². The molecule has 0 unspecified atom stereocenters. The average Bonchev–Trinajstić information content (AvgIpc) is 3.29.